The molecule has 0 spiro atoms. The van der Waals surface area contributed by atoms with Gasteiger partial charge in [0.2, 0.25) is 0 Å². The van der Waals surface area contributed by atoms with Gasteiger partial charge in [0.1, 0.15) is 5.82 Å². The minimum Gasteiger partial charge on any atom is -0.381 e. The van der Waals surface area contributed by atoms with Crippen molar-refractivity contribution in [1.29, 1.82) is 0 Å². The Labute approximate surface area is 123 Å². The van der Waals surface area contributed by atoms with Crippen LogP contribution in [0.4, 0.5) is 10.1 Å². The largest absolute Gasteiger partial charge is 0.381 e. The van der Waals surface area contributed by atoms with Gasteiger partial charge in [-0.15, -0.1) is 0 Å². The van der Waals surface area contributed by atoms with E-state index in [4.69, 9.17) is 23.2 Å². The third kappa shape index (κ3) is 3.61. The molecule has 0 aliphatic rings. The molecule has 0 radical (unpaired) electrons. The predicted octanol–water partition coefficient (Wildman–Crippen LogP) is 5.51. The fraction of sp³-hybridized carbons (Fsp3) is 0.0769. The van der Waals surface area contributed by atoms with Crippen molar-refractivity contribution in [2.24, 2.45) is 0 Å². The molecule has 0 saturated carbocycles. The highest BCUT2D eigenvalue weighted by Crippen LogP contribution is 2.24. The number of halogens is 4. The van der Waals surface area contributed by atoms with Crippen LogP contribution in [0.5, 0.6) is 0 Å². The van der Waals surface area contributed by atoms with Gasteiger partial charge in [-0.1, -0.05) is 39.1 Å². The van der Waals surface area contributed by atoms with Gasteiger partial charge in [-0.05, 0) is 42.0 Å². The fourth-order valence-electron chi connectivity index (χ4n) is 1.53. The van der Waals surface area contributed by atoms with Gasteiger partial charge in [-0.3, -0.25) is 0 Å². The van der Waals surface area contributed by atoms with Gasteiger partial charge in [0, 0.05) is 26.8 Å². The second kappa shape index (κ2) is 5.91. The first-order valence-corrected chi connectivity index (χ1v) is 6.73. The summed E-state index contributed by atoms with van der Waals surface area (Å²) in [6, 6.07) is 9.75. The zero-order valence-electron chi connectivity index (χ0n) is 9.18. The van der Waals surface area contributed by atoms with Crippen molar-refractivity contribution in [3.63, 3.8) is 0 Å². The molecule has 2 aromatic rings. The lowest BCUT2D eigenvalue weighted by molar-refractivity contribution is 0.625. The van der Waals surface area contributed by atoms with Crippen molar-refractivity contribution in [2.75, 3.05) is 5.32 Å². The first-order chi connectivity index (χ1) is 8.54. The van der Waals surface area contributed by atoms with Gasteiger partial charge in [0.05, 0.1) is 0 Å². The SMILES string of the molecule is Fc1ccc(Br)c(CNc2cc(Cl)cc(Cl)c2)c1. The third-order valence-corrected chi connectivity index (χ3v) is 3.56. The maximum atomic E-state index is 13.1. The summed E-state index contributed by atoms with van der Waals surface area (Å²) in [5.41, 5.74) is 1.62. The Morgan fingerprint density at radius 2 is 1.72 bits per heavy atom. The van der Waals surface area contributed by atoms with E-state index in [0.29, 0.717) is 16.6 Å². The number of rotatable bonds is 3. The molecule has 0 saturated heterocycles. The summed E-state index contributed by atoms with van der Waals surface area (Å²) in [5, 5.41) is 4.26. The fourth-order valence-corrected chi connectivity index (χ4v) is 2.44. The molecule has 2 aromatic carbocycles. The van der Waals surface area contributed by atoms with E-state index >= 15 is 0 Å². The lowest BCUT2D eigenvalue weighted by Crippen LogP contribution is -2.00. The number of benzene rings is 2. The zero-order chi connectivity index (χ0) is 13.1. The summed E-state index contributed by atoms with van der Waals surface area (Å²) in [6.45, 7) is 0.481. The van der Waals surface area contributed by atoms with Crippen LogP contribution in [-0.2, 0) is 6.54 Å². The van der Waals surface area contributed by atoms with Crippen LogP contribution in [0.15, 0.2) is 40.9 Å². The normalized spacial score (nSPS) is 10.4. The van der Waals surface area contributed by atoms with Gasteiger partial charge < -0.3 is 5.32 Å². The van der Waals surface area contributed by atoms with Crippen LogP contribution in [0.2, 0.25) is 10.0 Å². The van der Waals surface area contributed by atoms with Crippen molar-refractivity contribution in [3.8, 4) is 0 Å². The molecule has 0 aliphatic carbocycles. The monoisotopic (exact) mass is 347 g/mol. The summed E-state index contributed by atoms with van der Waals surface area (Å²) < 4.78 is 14.0. The lowest BCUT2D eigenvalue weighted by Gasteiger charge is -2.09. The Balaban J connectivity index is 2.13. The molecule has 0 atom stereocenters. The molecule has 5 heteroatoms. The minimum atomic E-state index is -0.265. The Morgan fingerprint density at radius 1 is 1.06 bits per heavy atom. The first-order valence-electron chi connectivity index (χ1n) is 5.18. The van der Waals surface area contributed by atoms with E-state index in [1.54, 1.807) is 24.3 Å². The molecule has 1 nitrogen and oxygen atoms in total. The van der Waals surface area contributed by atoms with E-state index < -0.39 is 0 Å². The molecule has 0 fully saturated rings. The second-order valence-electron chi connectivity index (χ2n) is 3.75. The van der Waals surface area contributed by atoms with Crippen molar-refractivity contribution in [3.05, 3.63) is 62.3 Å². The Bertz CT molecular complexity index is 555. The minimum absolute atomic E-state index is 0.265. The molecule has 0 unspecified atom stereocenters. The molecule has 0 aromatic heterocycles. The van der Waals surface area contributed by atoms with Crippen LogP contribution < -0.4 is 5.32 Å². The van der Waals surface area contributed by atoms with E-state index in [-0.39, 0.29) is 5.82 Å². The van der Waals surface area contributed by atoms with Crippen LogP contribution >= 0.6 is 39.1 Å². The van der Waals surface area contributed by atoms with Crippen LogP contribution in [0.25, 0.3) is 0 Å². The lowest BCUT2D eigenvalue weighted by atomic mass is 10.2. The van der Waals surface area contributed by atoms with Gasteiger partial charge >= 0.3 is 0 Å². The summed E-state index contributed by atoms with van der Waals surface area (Å²) in [5.74, 6) is -0.265. The quantitative estimate of drug-likeness (QED) is 0.771. The molecule has 2 rings (SSSR count). The van der Waals surface area contributed by atoms with Crippen LogP contribution in [0, 0.1) is 5.82 Å². The van der Waals surface area contributed by atoms with Gasteiger partial charge in [0.15, 0.2) is 0 Å². The molecular formula is C13H9BrCl2FN. The molecule has 18 heavy (non-hydrogen) atoms. The summed E-state index contributed by atoms with van der Waals surface area (Å²) in [6.07, 6.45) is 0. The van der Waals surface area contributed by atoms with Crippen LogP contribution in [0.1, 0.15) is 5.56 Å². The number of hydrogen-bond acceptors (Lipinski definition) is 1. The van der Waals surface area contributed by atoms with Crippen molar-refractivity contribution < 1.29 is 4.39 Å². The van der Waals surface area contributed by atoms with E-state index in [9.17, 15) is 4.39 Å². The summed E-state index contributed by atoms with van der Waals surface area (Å²) >= 11 is 15.2. The summed E-state index contributed by atoms with van der Waals surface area (Å²) in [4.78, 5) is 0. The van der Waals surface area contributed by atoms with Crippen molar-refractivity contribution in [2.45, 2.75) is 6.54 Å². The topological polar surface area (TPSA) is 12.0 Å². The van der Waals surface area contributed by atoms with Gasteiger partial charge in [-0.25, -0.2) is 4.39 Å². The van der Waals surface area contributed by atoms with Crippen molar-refractivity contribution in [1.82, 2.24) is 0 Å². The zero-order valence-corrected chi connectivity index (χ0v) is 12.3. The molecule has 0 bridgehead atoms. The smallest absolute Gasteiger partial charge is 0.123 e. The standard InChI is InChI=1S/C13H9BrCl2FN/c14-13-2-1-11(17)3-8(13)7-18-12-5-9(15)4-10(16)6-12/h1-6,18H,7H2. The van der Waals surface area contributed by atoms with Gasteiger partial charge in [-0.2, -0.15) is 0 Å². The molecule has 1 N–H and O–H groups in total. The molecular weight excluding hydrogens is 340 g/mol. The molecule has 0 heterocycles. The highest BCUT2D eigenvalue weighted by Gasteiger charge is 2.03. The molecule has 0 amide bonds. The summed E-state index contributed by atoms with van der Waals surface area (Å²) in [7, 11) is 0. The highest BCUT2D eigenvalue weighted by atomic mass is 79.9. The van der Waals surface area contributed by atoms with E-state index in [1.165, 1.54) is 12.1 Å². The molecule has 0 aliphatic heterocycles. The third-order valence-electron chi connectivity index (χ3n) is 2.35. The predicted molar refractivity (Wildman–Crippen MR) is 77.9 cm³/mol. The van der Waals surface area contributed by atoms with Crippen molar-refractivity contribution >= 4 is 44.8 Å². The van der Waals surface area contributed by atoms with Crippen LogP contribution in [0.3, 0.4) is 0 Å². The van der Waals surface area contributed by atoms with Crippen LogP contribution in [-0.4, -0.2) is 0 Å². The maximum absolute atomic E-state index is 13.1. The second-order valence-corrected chi connectivity index (χ2v) is 5.47. The Kier molecular flexibility index (Phi) is 4.49. The average Bonchev–Trinajstić information content (AvgIpc) is 2.29. The van der Waals surface area contributed by atoms with E-state index in [1.807, 2.05) is 0 Å². The maximum Gasteiger partial charge on any atom is 0.123 e. The Morgan fingerprint density at radius 3 is 2.39 bits per heavy atom. The number of hydrogen-bond donors (Lipinski definition) is 1. The first kappa shape index (κ1) is 13.7. The molecule has 94 valence electrons. The Hall–Kier alpha value is -0.770. The van der Waals surface area contributed by atoms with E-state index in [0.717, 1.165) is 15.7 Å². The number of nitrogens with one attached hydrogen (secondary N) is 1. The highest BCUT2D eigenvalue weighted by molar-refractivity contribution is 9.10. The number of anilines is 1. The van der Waals surface area contributed by atoms with E-state index in [2.05, 4.69) is 21.2 Å². The average molecular weight is 349 g/mol. The van der Waals surface area contributed by atoms with Gasteiger partial charge in [0.25, 0.3) is 0 Å².